The Labute approximate surface area is 138 Å². The molecular weight excluding hydrogens is 275 g/mol. The number of rotatable bonds is 4. The van der Waals surface area contributed by atoms with E-state index < -0.39 is 5.97 Å². The van der Waals surface area contributed by atoms with Crippen molar-refractivity contribution < 1.29 is 39.5 Å². The van der Waals surface area contributed by atoms with Crippen molar-refractivity contribution >= 4 is 23.3 Å². The fourth-order valence-electron chi connectivity index (χ4n) is 1.47. The zero-order valence-electron chi connectivity index (χ0n) is 10.4. The van der Waals surface area contributed by atoms with E-state index in [9.17, 15) is 9.90 Å². The number of halogens is 1. The first-order valence-electron chi connectivity index (χ1n) is 5.31. The summed E-state index contributed by atoms with van der Waals surface area (Å²) in [6, 6.07) is 10.5. The van der Waals surface area contributed by atoms with Gasteiger partial charge in [0.15, 0.2) is 0 Å². The van der Waals surface area contributed by atoms with Gasteiger partial charge in [-0.1, -0.05) is 23.7 Å². The SMILES string of the molecule is O=C([O-])c1ccc(NCc2cccc(Cl)c2)cn1.[Na+]. The molecular formula is C13H10ClN2NaO2. The molecule has 1 aromatic heterocycles. The zero-order valence-corrected chi connectivity index (χ0v) is 13.1. The summed E-state index contributed by atoms with van der Waals surface area (Å²) in [7, 11) is 0. The smallest absolute Gasteiger partial charge is 0.543 e. The minimum Gasteiger partial charge on any atom is -0.543 e. The van der Waals surface area contributed by atoms with E-state index in [4.69, 9.17) is 11.6 Å². The standard InChI is InChI=1S/C13H11ClN2O2.Na/c14-10-3-1-2-9(6-10)7-15-11-4-5-12(13(17)18)16-8-11;/h1-6,8,15H,7H2,(H,17,18);/q;+1/p-1. The molecule has 19 heavy (non-hydrogen) atoms. The van der Waals surface area contributed by atoms with E-state index in [0.717, 1.165) is 11.3 Å². The number of benzene rings is 1. The van der Waals surface area contributed by atoms with Gasteiger partial charge in [0.05, 0.1) is 23.5 Å². The fourth-order valence-corrected chi connectivity index (χ4v) is 1.68. The summed E-state index contributed by atoms with van der Waals surface area (Å²) in [6.07, 6.45) is 1.45. The largest absolute Gasteiger partial charge is 1.00 e. The minimum atomic E-state index is -1.28. The molecule has 1 aromatic carbocycles. The molecule has 0 bridgehead atoms. The summed E-state index contributed by atoms with van der Waals surface area (Å²) in [4.78, 5) is 14.3. The maximum atomic E-state index is 10.5. The Morgan fingerprint density at radius 2 is 2.11 bits per heavy atom. The zero-order chi connectivity index (χ0) is 13.0. The number of aromatic carboxylic acids is 1. The van der Waals surface area contributed by atoms with E-state index in [0.29, 0.717) is 11.6 Å². The van der Waals surface area contributed by atoms with Crippen LogP contribution in [0.15, 0.2) is 42.6 Å². The molecule has 6 heteroatoms. The molecule has 0 unspecified atom stereocenters. The van der Waals surface area contributed by atoms with Gasteiger partial charge in [-0.15, -0.1) is 0 Å². The predicted molar refractivity (Wildman–Crippen MR) is 67.3 cm³/mol. The number of nitrogens with one attached hydrogen (secondary N) is 1. The van der Waals surface area contributed by atoms with Crippen molar-refractivity contribution in [3.8, 4) is 0 Å². The number of carboxylic acid groups (broad SMARTS) is 1. The number of carbonyl (C=O) groups is 1. The van der Waals surface area contributed by atoms with E-state index in [1.54, 1.807) is 12.1 Å². The van der Waals surface area contributed by atoms with Gasteiger partial charge in [0.1, 0.15) is 0 Å². The predicted octanol–water partition coefficient (Wildman–Crippen LogP) is -1.29. The molecule has 0 saturated heterocycles. The average molecular weight is 285 g/mol. The van der Waals surface area contributed by atoms with Crippen LogP contribution in [0, 0.1) is 0 Å². The van der Waals surface area contributed by atoms with Crippen molar-refractivity contribution in [1.29, 1.82) is 0 Å². The summed E-state index contributed by atoms with van der Waals surface area (Å²) in [5.41, 5.74) is 1.69. The van der Waals surface area contributed by atoms with Crippen LogP contribution < -0.4 is 40.0 Å². The monoisotopic (exact) mass is 284 g/mol. The molecule has 0 fully saturated rings. The van der Waals surface area contributed by atoms with E-state index in [2.05, 4.69) is 10.3 Å². The van der Waals surface area contributed by atoms with Crippen LogP contribution in [0.4, 0.5) is 5.69 Å². The second-order valence-corrected chi connectivity index (χ2v) is 4.14. The normalized spacial score (nSPS) is 9.53. The molecule has 0 radical (unpaired) electrons. The van der Waals surface area contributed by atoms with Crippen LogP contribution in [0.3, 0.4) is 0 Å². The van der Waals surface area contributed by atoms with Gasteiger partial charge >= 0.3 is 29.6 Å². The van der Waals surface area contributed by atoms with Crippen LogP contribution >= 0.6 is 11.6 Å². The molecule has 0 aliphatic carbocycles. The van der Waals surface area contributed by atoms with Crippen molar-refractivity contribution in [2.75, 3.05) is 5.32 Å². The number of carboxylic acids is 1. The molecule has 0 aliphatic rings. The van der Waals surface area contributed by atoms with Crippen LogP contribution in [-0.2, 0) is 6.54 Å². The Morgan fingerprint density at radius 3 is 2.68 bits per heavy atom. The van der Waals surface area contributed by atoms with Gasteiger partial charge < -0.3 is 15.2 Å². The summed E-state index contributed by atoms with van der Waals surface area (Å²) in [6.45, 7) is 0.590. The number of hydrogen-bond acceptors (Lipinski definition) is 4. The topological polar surface area (TPSA) is 65.0 Å². The van der Waals surface area contributed by atoms with Crippen molar-refractivity contribution in [3.63, 3.8) is 0 Å². The number of carbonyl (C=O) groups excluding carboxylic acids is 1. The Kier molecular flexibility index (Phi) is 6.31. The van der Waals surface area contributed by atoms with E-state index in [1.165, 1.54) is 12.3 Å². The quantitative estimate of drug-likeness (QED) is 0.710. The summed E-state index contributed by atoms with van der Waals surface area (Å²) < 4.78 is 0. The van der Waals surface area contributed by atoms with Gasteiger partial charge in [0, 0.05) is 11.6 Å². The third kappa shape index (κ3) is 4.84. The van der Waals surface area contributed by atoms with Crippen LogP contribution in [0.5, 0.6) is 0 Å². The summed E-state index contributed by atoms with van der Waals surface area (Å²) in [5, 5.41) is 14.3. The van der Waals surface area contributed by atoms with Crippen molar-refractivity contribution in [2.45, 2.75) is 6.54 Å². The summed E-state index contributed by atoms with van der Waals surface area (Å²) in [5.74, 6) is -1.28. The number of anilines is 1. The Hall–Kier alpha value is -1.07. The molecule has 0 aliphatic heterocycles. The third-order valence-electron chi connectivity index (χ3n) is 2.36. The van der Waals surface area contributed by atoms with Gasteiger partial charge in [0.25, 0.3) is 0 Å². The number of nitrogens with zero attached hydrogens (tertiary/aromatic N) is 1. The molecule has 0 atom stereocenters. The van der Waals surface area contributed by atoms with E-state index in [1.807, 2.05) is 18.2 Å². The molecule has 4 nitrogen and oxygen atoms in total. The van der Waals surface area contributed by atoms with E-state index >= 15 is 0 Å². The first-order chi connectivity index (χ1) is 8.65. The van der Waals surface area contributed by atoms with Gasteiger partial charge in [-0.05, 0) is 29.8 Å². The van der Waals surface area contributed by atoms with Gasteiger partial charge in [-0.25, -0.2) is 0 Å². The van der Waals surface area contributed by atoms with Crippen molar-refractivity contribution in [3.05, 3.63) is 58.9 Å². The maximum absolute atomic E-state index is 10.5. The van der Waals surface area contributed by atoms with Crippen LogP contribution in [-0.4, -0.2) is 11.0 Å². The summed E-state index contributed by atoms with van der Waals surface area (Å²) >= 11 is 5.87. The molecule has 2 rings (SSSR count). The first-order valence-corrected chi connectivity index (χ1v) is 5.68. The second-order valence-electron chi connectivity index (χ2n) is 3.70. The van der Waals surface area contributed by atoms with Crippen LogP contribution in [0.1, 0.15) is 16.1 Å². The van der Waals surface area contributed by atoms with Crippen LogP contribution in [0.2, 0.25) is 5.02 Å². The Bertz CT molecular complexity index is 561. The van der Waals surface area contributed by atoms with Gasteiger partial charge in [-0.3, -0.25) is 4.98 Å². The molecule has 0 spiro atoms. The number of aromatic nitrogens is 1. The molecule has 2 aromatic rings. The molecule has 0 amide bonds. The maximum Gasteiger partial charge on any atom is 1.00 e. The molecule has 0 saturated carbocycles. The van der Waals surface area contributed by atoms with E-state index in [-0.39, 0.29) is 35.3 Å². The Morgan fingerprint density at radius 1 is 1.32 bits per heavy atom. The van der Waals surface area contributed by atoms with Crippen molar-refractivity contribution in [1.82, 2.24) is 4.98 Å². The fraction of sp³-hybridized carbons (Fsp3) is 0.0769. The van der Waals surface area contributed by atoms with Gasteiger partial charge in [0.2, 0.25) is 0 Å². The minimum absolute atomic E-state index is 0. The van der Waals surface area contributed by atoms with Crippen molar-refractivity contribution in [2.24, 2.45) is 0 Å². The number of hydrogen-bond donors (Lipinski definition) is 1. The van der Waals surface area contributed by atoms with Crippen LogP contribution in [0.25, 0.3) is 0 Å². The second kappa shape index (κ2) is 7.50. The molecule has 1 heterocycles. The molecule has 92 valence electrons. The average Bonchev–Trinajstić information content (AvgIpc) is 2.37. The molecule has 1 N–H and O–H groups in total. The Balaban J connectivity index is 0.00000180. The third-order valence-corrected chi connectivity index (χ3v) is 2.59. The first kappa shape index (κ1) is 16.0. The van der Waals surface area contributed by atoms with Gasteiger partial charge in [-0.2, -0.15) is 0 Å². The number of pyridine rings is 1.